The third kappa shape index (κ3) is 3.64. The van der Waals surface area contributed by atoms with Gasteiger partial charge >= 0.3 is 6.03 Å². The van der Waals surface area contributed by atoms with Crippen LogP contribution in [0.2, 0.25) is 0 Å². The molecule has 1 fully saturated rings. The van der Waals surface area contributed by atoms with Gasteiger partial charge in [0.25, 0.3) is 0 Å². The lowest BCUT2D eigenvalue weighted by molar-refractivity contribution is -0.119. The maximum atomic E-state index is 12.2. The number of aromatic nitrogens is 2. The Morgan fingerprint density at radius 2 is 2.09 bits per heavy atom. The van der Waals surface area contributed by atoms with Gasteiger partial charge in [-0.15, -0.1) is 11.3 Å². The van der Waals surface area contributed by atoms with E-state index >= 15 is 0 Å². The summed E-state index contributed by atoms with van der Waals surface area (Å²) in [5, 5.41) is 6.49. The third-order valence-electron chi connectivity index (χ3n) is 3.74. The number of nitrogens with zero attached hydrogens (tertiary/aromatic N) is 2. The molecule has 1 aliphatic rings. The summed E-state index contributed by atoms with van der Waals surface area (Å²) in [5.41, 5.74) is 1.15. The first-order valence-corrected chi connectivity index (χ1v) is 9.14. The molecule has 1 aliphatic carbocycles. The zero-order chi connectivity index (χ0) is 16.6. The number of rotatable bonds is 4. The Morgan fingerprint density at radius 1 is 1.35 bits per heavy atom. The van der Waals surface area contributed by atoms with Crippen LogP contribution < -0.4 is 10.6 Å². The Hall–Kier alpha value is -1.67. The van der Waals surface area contributed by atoms with E-state index < -0.39 is 11.3 Å². The van der Waals surface area contributed by atoms with Crippen molar-refractivity contribution in [2.75, 3.05) is 0 Å². The van der Waals surface area contributed by atoms with Crippen LogP contribution in [0.1, 0.15) is 30.2 Å². The summed E-state index contributed by atoms with van der Waals surface area (Å²) in [6.07, 6.45) is 3.49. The van der Waals surface area contributed by atoms with Crippen molar-refractivity contribution >= 4 is 45.3 Å². The number of hydrogen-bond donors (Lipinski definition) is 2. The van der Waals surface area contributed by atoms with Crippen molar-refractivity contribution in [3.8, 4) is 0 Å². The molecule has 122 valence electrons. The lowest BCUT2D eigenvalue weighted by Gasteiger charge is -2.12. The Kier molecular flexibility index (Phi) is 4.54. The molecule has 0 unspecified atom stereocenters. The number of thioether (sulfide) groups is 1. The molecule has 2 aromatic rings. The standard InChI is InChI=1S/C15H18N4O2S2/c1-7-8(2)22-13-11(7)14(17-6-16-13)23-9(3)12(20)19-15(21)18-10-4-5-10/h6,9-10H,4-5H2,1-3H3,(H2,18,19,20,21)/t9-/m1/s1. The van der Waals surface area contributed by atoms with Gasteiger partial charge in [-0.05, 0) is 39.2 Å². The average molecular weight is 350 g/mol. The summed E-state index contributed by atoms with van der Waals surface area (Å²) in [6.45, 7) is 5.86. The predicted molar refractivity (Wildman–Crippen MR) is 91.9 cm³/mol. The van der Waals surface area contributed by atoms with E-state index in [0.29, 0.717) is 0 Å². The maximum absolute atomic E-state index is 12.2. The van der Waals surface area contributed by atoms with Gasteiger partial charge in [0.2, 0.25) is 5.91 Å². The van der Waals surface area contributed by atoms with Crippen molar-refractivity contribution in [3.05, 3.63) is 16.8 Å². The first-order chi connectivity index (χ1) is 11.0. The predicted octanol–water partition coefficient (Wildman–Crippen LogP) is 2.78. The number of carbonyl (C=O) groups is 2. The summed E-state index contributed by atoms with van der Waals surface area (Å²) >= 11 is 2.97. The van der Waals surface area contributed by atoms with Crippen molar-refractivity contribution in [1.82, 2.24) is 20.6 Å². The topological polar surface area (TPSA) is 84.0 Å². The van der Waals surface area contributed by atoms with E-state index in [-0.39, 0.29) is 11.9 Å². The second kappa shape index (κ2) is 6.45. The van der Waals surface area contributed by atoms with Gasteiger partial charge in [0.1, 0.15) is 16.2 Å². The molecule has 6 nitrogen and oxygen atoms in total. The molecule has 2 heterocycles. The lowest BCUT2D eigenvalue weighted by atomic mass is 10.2. The molecule has 0 aromatic carbocycles. The molecule has 1 atom stereocenters. The fourth-order valence-electron chi connectivity index (χ4n) is 2.12. The zero-order valence-electron chi connectivity index (χ0n) is 13.2. The van der Waals surface area contributed by atoms with Gasteiger partial charge in [-0.1, -0.05) is 11.8 Å². The highest BCUT2D eigenvalue weighted by molar-refractivity contribution is 8.00. The van der Waals surface area contributed by atoms with Gasteiger partial charge in [-0.2, -0.15) is 0 Å². The van der Waals surface area contributed by atoms with Crippen molar-refractivity contribution in [1.29, 1.82) is 0 Å². The molecule has 8 heteroatoms. The van der Waals surface area contributed by atoms with Crippen LogP contribution in [0.5, 0.6) is 0 Å². The number of urea groups is 1. The van der Waals surface area contributed by atoms with Crippen molar-refractivity contribution < 1.29 is 9.59 Å². The molecular weight excluding hydrogens is 332 g/mol. The Balaban J connectivity index is 1.70. The highest BCUT2D eigenvalue weighted by Crippen LogP contribution is 2.35. The van der Waals surface area contributed by atoms with Gasteiger partial charge in [0, 0.05) is 16.3 Å². The van der Waals surface area contributed by atoms with Gasteiger partial charge in [0.05, 0.1) is 5.25 Å². The largest absolute Gasteiger partial charge is 0.335 e. The minimum absolute atomic E-state index is 0.226. The van der Waals surface area contributed by atoms with Crippen molar-refractivity contribution in [3.63, 3.8) is 0 Å². The monoisotopic (exact) mass is 350 g/mol. The molecule has 2 N–H and O–H groups in total. The number of amides is 3. The van der Waals surface area contributed by atoms with Crippen LogP contribution in [0.25, 0.3) is 10.2 Å². The van der Waals surface area contributed by atoms with E-state index in [1.165, 1.54) is 23.0 Å². The number of imide groups is 1. The Bertz CT molecular complexity index is 770. The fraction of sp³-hybridized carbons (Fsp3) is 0.467. The van der Waals surface area contributed by atoms with E-state index in [0.717, 1.165) is 33.6 Å². The minimum Gasteiger partial charge on any atom is -0.335 e. The van der Waals surface area contributed by atoms with E-state index in [4.69, 9.17) is 0 Å². The summed E-state index contributed by atoms with van der Waals surface area (Å²) in [5.74, 6) is -0.315. The highest BCUT2D eigenvalue weighted by Gasteiger charge is 2.25. The normalized spacial score (nSPS) is 15.4. The van der Waals surface area contributed by atoms with Gasteiger partial charge < -0.3 is 5.32 Å². The smallest absolute Gasteiger partial charge is 0.321 e. The van der Waals surface area contributed by atoms with Crippen molar-refractivity contribution in [2.45, 2.75) is 49.9 Å². The molecule has 2 aromatic heterocycles. The second-order valence-corrected chi connectivity index (χ2v) is 8.17. The average Bonchev–Trinajstić information content (AvgIpc) is 3.25. The van der Waals surface area contributed by atoms with E-state index in [2.05, 4.69) is 27.5 Å². The Morgan fingerprint density at radius 3 is 2.78 bits per heavy atom. The number of aryl methyl sites for hydroxylation is 2. The molecule has 3 amide bonds. The van der Waals surface area contributed by atoms with E-state index in [1.54, 1.807) is 18.3 Å². The summed E-state index contributed by atoms with van der Waals surface area (Å²) in [6, 6.07) is -0.191. The van der Waals surface area contributed by atoms with Crippen LogP contribution in [-0.4, -0.2) is 33.2 Å². The Labute approximate surface area is 142 Å². The quantitative estimate of drug-likeness (QED) is 0.654. The van der Waals surface area contributed by atoms with Crippen LogP contribution in [-0.2, 0) is 4.79 Å². The highest BCUT2D eigenvalue weighted by atomic mass is 32.2. The fourth-order valence-corrected chi connectivity index (χ4v) is 4.16. The number of carbonyl (C=O) groups excluding carboxylic acids is 2. The lowest BCUT2D eigenvalue weighted by Crippen LogP contribution is -2.43. The van der Waals surface area contributed by atoms with Gasteiger partial charge in [-0.25, -0.2) is 14.8 Å². The summed E-state index contributed by atoms with van der Waals surface area (Å²) in [7, 11) is 0. The molecule has 0 bridgehead atoms. The van der Waals surface area contributed by atoms with Crippen LogP contribution in [0.3, 0.4) is 0 Å². The SMILES string of the molecule is Cc1sc2ncnc(S[C@H](C)C(=O)NC(=O)NC3CC3)c2c1C. The number of nitrogens with one attached hydrogen (secondary N) is 2. The zero-order valence-corrected chi connectivity index (χ0v) is 14.8. The van der Waals surface area contributed by atoms with E-state index in [9.17, 15) is 9.59 Å². The van der Waals surface area contributed by atoms with Crippen LogP contribution in [0.15, 0.2) is 11.4 Å². The molecule has 0 saturated heterocycles. The summed E-state index contributed by atoms with van der Waals surface area (Å²) in [4.78, 5) is 34.5. The van der Waals surface area contributed by atoms with E-state index in [1.807, 2.05) is 6.92 Å². The molecule has 23 heavy (non-hydrogen) atoms. The number of hydrogen-bond acceptors (Lipinski definition) is 6. The maximum Gasteiger partial charge on any atom is 0.321 e. The molecule has 3 rings (SSSR count). The number of fused-ring (bicyclic) bond motifs is 1. The van der Waals surface area contributed by atoms with Gasteiger partial charge in [0.15, 0.2) is 0 Å². The molecular formula is C15H18N4O2S2. The van der Waals surface area contributed by atoms with Crippen LogP contribution >= 0.6 is 23.1 Å². The molecule has 1 saturated carbocycles. The first-order valence-electron chi connectivity index (χ1n) is 7.44. The van der Waals surface area contributed by atoms with Crippen LogP contribution in [0.4, 0.5) is 4.79 Å². The molecule has 0 radical (unpaired) electrons. The number of thiophene rings is 1. The van der Waals surface area contributed by atoms with Crippen molar-refractivity contribution in [2.24, 2.45) is 0 Å². The molecule has 0 spiro atoms. The summed E-state index contributed by atoms with van der Waals surface area (Å²) < 4.78 is 0. The first kappa shape index (κ1) is 16.2. The van der Waals surface area contributed by atoms with Crippen LogP contribution in [0, 0.1) is 13.8 Å². The third-order valence-corrected chi connectivity index (χ3v) is 5.95. The molecule has 0 aliphatic heterocycles. The van der Waals surface area contributed by atoms with Gasteiger partial charge in [-0.3, -0.25) is 10.1 Å². The second-order valence-electron chi connectivity index (χ2n) is 5.64. The minimum atomic E-state index is -0.419.